The van der Waals surface area contributed by atoms with Crippen molar-refractivity contribution in [1.82, 2.24) is 20.2 Å². The lowest BCUT2D eigenvalue weighted by Crippen LogP contribution is -2.28. The van der Waals surface area contributed by atoms with Crippen LogP contribution in [0.2, 0.25) is 5.15 Å². The number of likely N-dealkylation sites (tertiary alicyclic amines) is 1. The molecule has 3 aliphatic heterocycles. The van der Waals surface area contributed by atoms with Gasteiger partial charge >= 0.3 is 0 Å². The highest BCUT2D eigenvalue weighted by Crippen LogP contribution is 2.34. The third-order valence-electron chi connectivity index (χ3n) is 6.95. The molecule has 0 radical (unpaired) electrons. The summed E-state index contributed by atoms with van der Waals surface area (Å²) in [7, 11) is 0. The van der Waals surface area contributed by atoms with Gasteiger partial charge in [0, 0.05) is 24.2 Å². The van der Waals surface area contributed by atoms with Gasteiger partial charge in [0.2, 0.25) is 0 Å². The molecule has 0 spiro atoms. The molecule has 1 aromatic heterocycles. The van der Waals surface area contributed by atoms with Crippen LogP contribution in [0.4, 0.5) is 5.82 Å². The summed E-state index contributed by atoms with van der Waals surface area (Å²) in [5.41, 5.74) is 3.60. The van der Waals surface area contributed by atoms with Crippen molar-refractivity contribution in [1.29, 1.82) is 0 Å². The largest absolute Gasteiger partial charge is 0.356 e. The lowest BCUT2D eigenvalue weighted by Gasteiger charge is -2.23. The highest BCUT2D eigenvalue weighted by Gasteiger charge is 2.25. The Morgan fingerprint density at radius 1 is 0.967 bits per heavy atom. The summed E-state index contributed by atoms with van der Waals surface area (Å²) in [6.07, 6.45) is 7.28. The number of nitrogens with one attached hydrogen (secondary N) is 1. The monoisotopic (exact) mass is 425 g/mol. The summed E-state index contributed by atoms with van der Waals surface area (Å²) in [6.45, 7) is 8.00. The molecular formula is C24H32ClN5. The molecule has 1 N–H and O–H groups in total. The molecule has 1 aromatic carbocycles. The van der Waals surface area contributed by atoms with E-state index < -0.39 is 0 Å². The van der Waals surface area contributed by atoms with Crippen LogP contribution >= 0.6 is 11.6 Å². The lowest BCUT2D eigenvalue weighted by molar-refractivity contribution is 0.335. The Labute approximate surface area is 184 Å². The standard InChI is InChI=1S/C24H32ClN5/c25-22-21-10-17-30(16-3-15-29-13-1-2-14-29)24(21)28-23(27-22)20-6-4-18(5-7-20)19-8-11-26-12-9-19/h4-7,19,26H,1-3,8-17H2. The molecule has 5 rings (SSSR count). The van der Waals surface area contributed by atoms with Crippen LogP contribution in [-0.4, -0.2) is 60.7 Å². The van der Waals surface area contributed by atoms with Crippen molar-refractivity contribution in [3.8, 4) is 11.4 Å². The Morgan fingerprint density at radius 3 is 2.50 bits per heavy atom. The fourth-order valence-electron chi connectivity index (χ4n) is 5.17. The van der Waals surface area contributed by atoms with Crippen LogP contribution in [-0.2, 0) is 6.42 Å². The molecular weight excluding hydrogens is 394 g/mol. The van der Waals surface area contributed by atoms with Gasteiger partial charge in [0.1, 0.15) is 11.0 Å². The molecule has 160 valence electrons. The molecule has 2 aromatic rings. The molecule has 5 nitrogen and oxygen atoms in total. The van der Waals surface area contributed by atoms with Crippen molar-refractivity contribution in [2.45, 2.75) is 44.4 Å². The topological polar surface area (TPSA) is 44.3 Å². The predicted octanol–water partition coefficient (Wildman–Crippen LogP) is 4.11. The molecule has 0 bridgehead atoms. The van der Waals surface area contributed by atoms with E-state index in [0.29, 0.717) is 11.1 Å². The summed E-state index contributed by atoms with van der Waals surface area (Å²) in [4.78, 5) is 14.6. The van der Waals surface area contributed by atoms with Gasteiger partial charge < -0.3 is 15.1 Å². The molecule has 2 saturated heterocycles. The zero-order valence-corrected chi connectivity index (χ0v) is 18.5. The first-order valence-corrected chi connectivity index (χ1v) is 12.0. The number of benzene rings is 1. The molecule has 0 aliphatic carbocycles. The number of nitrogens with zero attached hydrogens (tertiary/aromatic N) is 4. The Bertz CT molecular complexity index is 857. The van der Waals surface area contributed by atoms with E-state index in [1.54, 1.807) is 0 Å². The fourth-order valence-corrected chi connectivity index (χ4v) is 5.43. The van der Waals surface area contributed by atoms with Gasteiger partial charge in [0.25, 0.3) is 0 Å². The maximum Gasteiger partial charge on any atom is 0.163 e. The second kappa shape index (κ2) is 9.21. The van der Waals surface area contributed by atoms with E-state index >= 15 is 0 Å². The third kappa shape index (κ3) is 4.34. The van der Waals surface area contributed by atoms with Crippen molar-refractivity contribution >= 4 is 17.4 Å². The Morgan fingerprint density at radius 2 is 1.73 bits per heavy atom. The maximum absolute atomic E-state index is 6.59. The Hall–Kier alpha value is -1.69. The minimum absolute atomic E-state index is 0.625. The van der Waals surface area contributed by atoms with E-state index in [1.807, 2.05) is 0 Å². The van der Waals surface area contributed by atoms with Crippen LogP contribution in [0.3, 0.4) is 0 Å². The van der Waals surface area contributed by atoms with Crippen molar-refractivity contribution in [3.63, 3.8) is 0 Å². The zero-order chi connectivity index (χ0) is 20.3. The minimum Gasteiger partial charge on any atom is -0.356 e. The van der Waals surface area contributed by atoms with Gasteiger partial charge in [-0.3, -0.25) is 0 Å². The smallest absolute Gasteiger partial charge is 0.163 e. The van der Waals surface area contributed by atoms with Crippen LogP contribution in [0.5, 0.6) is 0 Å². The number of halogens is 1. The van der Waals surface area contributed by atoms with Crippen molar-refractivity contribution in [2.24, 2.45) is 0 Å². The molecule has 0 atom stereocenters. The summed E-state index contributed by atoms with van der Waals surface area (Å²) in [5.74, 6) is 2.46. The second-order valence-electron chi connectivity index (χ2n) is 8.93. The van der Waals surface area contributed by atoms with Crippen LogP contribution in [0, 0.1) is 0 Å². The second-order valence-corrected chi connectivity index (χ2v) is 9.28. The van der Waals surface area contributed by atoms with E-state index in [-0.39, 0.29) is 0 Å². The Kier molecular flexibility index (Phi) is 6.21. The number of hydrogen-bond donors (Lipinski definition) is 1. The van der Waals surface area contributed by atoms with Crippen LogP contribution in [0.1, 0.15) is 49.1 Å². The molecule has 0 saturated carbocycles. The summed E-state index contributed by atoms with van der Waals surface area (Å²) in [6, 6.07) is 8.84. The van der Waals surface area contributed by atoms with Crippen LogP contribution < -0.4 is 10.2 Å². The maximum atomic E-state index is 6.59. The number of fused-ring (bicyclic) bond motifs is 1. The van der Waals surface area contributed by atoms with Crippen molar-refractivity contribution < 1.29 is 0 Å². The van der Waals surface area contributed by atoms with E-state index in [0.717, 1.165) is 55.4 Å². The van der Waals surface area contributed by atoms with Gasteiger partial charge in [-0.25, -0.2) is 9.97 Å². The van der Waals surface area contributed by atoms with Gasteiger partial charge in [0.05, 0.1) is 0 Å². The van der Waals surface area contributed by atoms with Gasteiger partial charge in [-0.1, -0.05) is 35.9 Å². The van der Waals surface area contributed by atoms with Gasteiger partial charge in [-0.15, -0.1) is 0 Å². The summed E-state index contributed by atoms with van der Waals surface area (Å²) < 4.78 is 0. The average Bonchev–Trinajstić information content (AvgIpc) is 3.45. The number of rotatable bonds is 6. The first-order valence-electron chi connectivity index (χ1n) is 11.6. The zero-order valence-electron chi connectivity index (χ0n) is 17.7. The first-order chi connectivity index (χ1) is 14.8. The van der Waals surface area contributed by atoms with Crippen molar-refractivity contribution in [3.05, 3.63) is 40.5 Å². The highest BCUT2D eigenvalue weighted by molar-refractivity contribution is 6.30. The summed E-state index contributed by atoms with van der Waals surface area (Å²) in [5, 5.41) is 4.07. The quantitative estimate of drug-likeness (QED) is 0.705. The van der Waals surface area contributed by atoms with E-state index in [4.69, 9.17) is 16.6 Å². The van der Waals surface area contributed by atoms with Gasteiger partial charge in [-0.2, -0.15) is 0 Å². The molecule has 4 heterocycles. The number of piperidine rings is 1. The fraction of sp³-hybridized carbons (Fsp3) is 0.583. The first kappa shape index (κ1) is 20.2. The predicted molar refractivity (Wildman–Crippen MR) is 124 cm³/mol. The number of anilines is 1. The van der Waals surface area contributed by atoms with Crippen LogP contribution in [0.25, 0.3) is 11.4 Å². The molecule has 0 unspecified atom stereocenters. The Balaban J connectivity index is 1.30. The minimum atomic E-state index is 0.625. The normalized spacial score (nSPS) is 20.1. The molecule has 30 heavy (non-hydrogen) atoms. The van der Waals surface area contributed by atoms with E-state index in [1.165, 1.54) is 57.3 Å². The third-order valence-corrected chi connectivity index (χ3v) is 7.26. The number of aromatic nitrogens is 2. The highest BCUT2D eigenvalue weighted by atomic mass is 35.5. The molecule has 0 amide bonds. The number of hydrogen-bond acceptors (Lipinski definition) is 5. The van der Waals surface area contributed by atoms with E-state index in [9.17, 15) is 0 Å². The van der Waals surface area contributed by atoms with Crippen molar-refractivity contribution in [2.75, 3.05) is 50.7 Å². The molecule has 2 fully saturated rings. The SMILES string of the molecule is Clc1nc(-c2ccc(C3CCNCC3)cc2)nc2c1CCN2CCCN1CCCC1. The van der Waals surface area contributed by atoms with Gasteiger partial charge in [-0.05, 0) is 82.7 Å². The summed E-state index contributed by atoms with van der Waals surface area (Å²) >= 11 is 6.59. The molecule has 3 aliphatic rings. The lowest BCUT2D eigenvalue weighted by atomic mass is 9.90. The van der Waals surface area contributed by atoms with Gasteiger partial charge in [0.15, 0.2) is 5.82 Å². The van der Waals surface area contributed by atoms with Crippen LogP contribution in [0.15, 0.2) is 24.3 Å². The average molecular weight is 426 g/mol. The molecule has 6 heteroatoms. The van der Waals surface area contributed by atoms with E-state index in [2.05, 4.69) is 44.4 Å².